The molecule has 6 heteroatoms. The lowest BCUT2D eigenvalue weighted by Gasteiger charge is -2.18. The summed E-state index contributed by atoms with van der Waals surface area (Å²) in [6, 6.07) is 0. The molecule has 0 radical (unpaired) electrons. The Labute approximate surface area is 407 Å². The van der Waals surface area contributed by atoms with Crippen LogP contribution in [0.3, 0.4) is 0 Å². The van der Waals surface area contributed by atoms with E-state index in [2.05, 4.69) is 106 Å². The Morgan fingerprint density at radius 1 is 0.318 bits per heavy atom. The maximum Gasteiger partial charge on any atom is 0.306 e. The lowest BCUT2D eigenvalue weighted by molar-refractivity contribution is -0.167. The molecule has 0 aliphatic rings. The van der Waals surface area contributed by atoms with Crippen LogP contribution in [0.15, 0.2) is 85.1 Å². The van der Waals surface area contributed by atoms with Crippen LogP contribution in [0.4, 0.5) is 0 Å². The number of ether oxygens (including phenoxy) is 3. The number of rotatable bonds is 49. The van der Waals surface area contributed by atoms with Crippen molar-refractivity contribution in [1.82, 2.24) is 0 Å². The molecule has 378 valence electrons. The average molecular weight is 919 g/mol. The predicted octanol–water partition coefficient (Wildman–Crippen LogP) is 18.4. The fourth-order valence-electron chi connectivity index (χ4n) is 7.46. The summed E-state index contributed by atoms with van der Waals surface area (Å²) in [5.74, 6) is -0.930. The molecule has 0 rings (SSSR count). The molecular formula is C60H102O6. The van der Waals surface area contributed by atoms with Crippen molar-refractivity contribution in [3.63, 3.8) is 0 Å². The van der Waals surface area contributed by atoms with Crippen LogP contribution in [0, 0.1) is 0 Å². The van der Waals surface area contributed by atoms with E-state index in [-0.39, 0.29) is 31.1 Å². The molecular weight excluding hydrogens is 817 g/mol. The van der Waals surface area contributed by atoms with Gasteiger partial charge in [0, 0.05) is 19.3 Å². The lowest BCUT2D eigenvalue weighted by atomic mass is 10.1. The zero-order valence-electron chi connectivity index (χ0n) is 43.2. The summed E-state index contributed by atoms with van der Waals surface area (Å²) in [7, 11) is 0. The van der Waals surface area contributed by atoms with Crippen LogP contribution in [0.1, 0.15) is 258 Å². The maximum absolute atomic E-state index is 12.8. The lowest BCUT2D eigenvalue weighted by Crippen LogP contribution is -2.30. The van der Waals surface area contributed by atoms with Crippen molar-refractivity contribution in [2.75, 3.05) is 13.2 Å². The third-order valence-corrected chi connectivity index (χ3v) is 11.6. The minimum atomic E-state index is -0.795. The Bertz CT molecular complexity index is 1290. The first-order valence-corrected chi connectivity index (χ1v) is 27.6. The predicted molar refractivity (Wildman–Crippen MR) is 284 cm³/mol. The number of carbonyl (C=O) groups is 3. The monoisotopic (exact) mass is 919 g/mol. The summed E-state index contributed by atoms with van der Waals surface area (Å²) < 4.78 is 16.8. The second-order valence-electron chi connectivity index (χ2n) is 18.1. The second kappa shape index (κ2) is 54.2. The van der Waals surface area contributed by atoms with Gasteiger partial charge in [-0.2, -0.15) is 0 Å². The smallest absolute Gasteiger partial charge is 0.306 e. The molecule has 0 aromatic carbocycles. The number of hydrogen-bond acceptors (Lipinski definition) is 6. The first kappa shape index (κ1) is 62.6. The second-order valence-corrected chi connectivity index (χ2v) is 18.1. The van der Waals surface area contributed by atoms with E-state index in [9.17, 15) is 14.4 Å². The molecule has 1 unspecified atom stereocenters. The summed E-state index contributed by atoms with van der Waals surface area (Å²) in [5.41, 5.74) is 0. The molecule has 0 amide bonds. The van der Waals surface area contributed by atoms with Crippen molar-refractivity contribution >= 4 is 17.9 Å². The Kier molecular flexibility index (Phi) is 51.4. The van der Waals surface area contributed by atoms with Gasteiger partial charge in [0.25, 0.3) is 0 Å². The molecule has 0 aliphatic carbocycles. The Morgan fingerprint density at radius 3 is 0.970 bits per heavy atom. The van der Waals surface area contributed by atoms with E-state index in [0.29, 0.717) is 19.3 Å². The van der Waals surface area contributed by atoms with Crippen molar-refractivity contribution in [2.24, 2.45) is 0 Å². The fraction of sp³-hybridized carbons (Fsp3) is 0.717. The van der Waals surface area contributed by atoms with Gasteiger partial charge in [-0.05, 0) is 116 Å². The van der Waals surface area contributed by atoms with Crippen LogP contribution in [-0.4, -0.2) is 37.2 Å². The van der Waals surface area contributed by atoms with E-state index in [1.54, 1.807) is 0 Å². The van der Waals surface area contributed by atoms with Gasteiger partial charge in [0.05, 0.1) is 0 Å². The van der Waals surface area contributed by atoms with Gasteiger partial charge in [-0.25, -0.2) is 0 Å². The van der Waals surface area contributed by atoms with E-state index in [4.69, 9.17) is 14.2 Å². The minimum Gasteiger partial charge on any atom is -0.462 e. The van der Waals surface area contributed by atoms with E-state index in [1.807, 2.05) is 0 Å². The number of unbranched alkanes of at least 4 members (excludes halogenated alkanes) is 24. The molecule has 6 nitrogen and oxygen atoms in total. The molecule has 66 heavy (non-hydrogen) atoms. The molecule has 0 fully saturated rings. The van der Waals surface area contributed by atoms with Gasteiger partial charge in [-0.15, -0.1) is 0 Å². The van der Waals surface area contributed by atoms with Gasteiger partial charge < -0.3 is 14.2 Å². The number of hydrogen-bond donors (Lipinski definition) is 0. The van der Waals surface area contributed by atoms with Crippen molar-refractivity contribution in [3.8, 4) is 0 Å². The SMILES string of the molecule is CC/C=C\C/C=C\C/C=C\CCCCCCCC(=O)OC(COC(=O)CCCCCCC/C=C\CCCCC)COC(=O)CCCCCCCC/C=C\C/C=C\C/C=C\CCCCCCC. The molecule has 0 saturated heterocycles. The van der Waals surface area contributed by atoms with Crippen LogP contribution in [0.25, 0.3) is 0 Å². The van der Waals surface area contributed by atoms with Crippen molar-refractivity contribution in [1.29, 1.82) is 0 Å². The largest absolute Gasteiger partial charge is 0.462 e. The highest BCUT2D eigenvalue weighted by Gasteiger charge is 2.19. The van der Waals surface area contributed by atoms with Crippen LogP contribution in [0.5, 0.6) is 0 Å². The van der Waals surface area contributed by atoms with Crippen LogP contribution in [-0.2, 0) is 28.6 Å². The molecule has 0 aromatic heterocycles. The molecule has 0 bridgehead atoms. The highest BCUT2D eigenvalue weighted by atomic mass is 16.6. The van der Waals surface area contributed by atoms with Crippen LogP contribution < -0.4 is 0 Å². The van der Waals surface area contributed by atoms with E-state index in [0.717, 1.165) is 122 Å². The minimum absolute atomic E-state index is 0.0928. The quantitative estimate of drug-likeness (QED) is 0.0262. The fourth-order valence-corrected chi connectivity index (χ4v) is 7.46. The Hall–Kier alpha value is -3.41. The van der Waals surface area contributed by atoms with E-state index in [1.165, 1.54) is 96.3 Å². The van der Waals surface area contributed by atoms with Crippen molar-refractivity contribution in [3.05, 3.63) is 85.1 Å². The number of carbonyl (C=O) groups excluding carboxylic acids is 3. The van der Waals surface area contributed by atoms with Crippen LogP contribution in [0.2, 0.25) is 0 Å². The van der Waals surface area contributed by atoms with E-state index >= 15 is 0 Å². The van der Waals surface area contributed by atoms with Gasteiger partial charge >= 0.3 is 17.9 Å². The number of esters is 3. The molecule has 1 atom stereocenters. The van der Waals surface area contributed by atoms with E-state index < -0.39 is 6.10 Å². The highest BCUT2D eigenvalue weighted by Crippen LogP contribution is 2.14. The zero-order chi connectivity index (χ0) is 47.9. The van der Waals surface area contributed by atoms with Crippen LogP contribution >= 0.6 is 0 Å². The maximum atomic E-state index is 12.8. The summed E-state index contributed by atoms with van der Waals surface area (Å²) in [5, 5.41) is 0. The summed E-state index contributed by atoms with van der Waals surface area (Å²) >= 11 is 0. The molecule has 0 heterocycles. The summed E-state index contributed by atoms with van der Waals surface area (Å²) in [6.45, 7) is 6.46. The zero-order valence-corrected chi connectivity index (χ0v) is 43.2. The molecule has 0 aliphatic heterocycles. The number of allylic oxidation sites excluding steroid dienone is 14. The van der Waals surface area contributed by atoms with Gasteiger partial charge in [-0.1, -0.05) is 209 Å². The van der Waals surface area contributed by atoms with Crippen molar-refractivity contribution < 1.29 is 28.6 Å². The van der Waals surface area contributed by atoms with Gasteiger partial charge in [0.15, 0.2) is 6.10 Å². The summed E-state index contributed by atoms with van der Waals surface area (Å²) in [4.78, 5) is 38.0. The molecule has 0 spiro atoms. The van der Waals surface area contributed by atoms with Gasteiger partial charge in [0.1, 0.15) is 13.2 Å². The van der Waals surface area contributed by atoms with Gasteiger partial charge in [-0.3, -0.25) is 14.4 Å². The Balaban J connectivity index is 4.40. The average Bonchev–Trinajstić information content (AvgIpc) is 3.31. The third-order valence-electron chi connectivity index (χ3n) is 11.6. The molecule has 0 saturated carbocycles. The molecule has 0 N–H and O–H groups in total. The highest BCUT2D eigenvalue weighted by molar-refractivity contribution is 5.71. The normalized spacial score (nSPS) is 12.7. The third kappa shape index (κ3) is 51.6. The first-order chi connectivity index (χ1) is 32.5. The summed E-state index contributed by atoms with van der Waals surface area (Å²) in [6.07, 6.45) is 70.0. The first-order valence-electron chi connectivity index (χ1n) is 27.6. The van der Waals surface area contributed by atoms with Gasteiger partial charge in [0.2, 0.25) is 0 Å². The topological polar surface area (TPSA) is 78.9 Å². The standard InChI is InChI=1S/C60H102O6/c1-4-7-10-13-16-19-22-25-27-28-29-30-31-32-34-35-38-41-44-47-50-53-59(62)65-56-57(55-64-58(61)52-49-46-43-40-37-24-21-18-15-12-9-6-3)66-60(63)54-51-48-45-42-39-36-33-26-23-20-17-14-11-8-5-2/h8,11,17-18,20-22,25-26,28-29,31-33,57H,4-7,9-10,12-16,19,23-24,27,30,34-56H2,1-3H3/b11-8-,20-17-,21-18-,25-22-,29-28-,32-31-,33-26-. The Morgan fingerprint density at radius 2 is 0.591 bits per heavy atom. The van der Waals surface area contributed by atoms with Crippen molar-refractivity contribution in [2.45, 2.75) is 264 Å². The molecule has 0 aromatic rings.